The van der Waals surface area contributed by atoms with Crippen molar-refractivity contribution < 1.29 is 9.59 Å². The maximum Gasteiger partial charge on any atom is 0.376 e. The van der Waals surface area contributed by atoms with Crippen LogP contribution in [0, 0.1) is 0 Å². The van der Waals surface area contributed by atoms with Crippen molar-refractivity contribution in [2.45, 2.75) is 12.7 Å². The van der Waals surface area contributed by atoms with E-state index in [9.17, 15) is 9.59 Å². The van der Waals surface area contributed by atoms with Gasteiger partial charge in [0.1, 0.15) is 4.77 Å². The van der Waals surface area contributed by atoms with E-state index >= 15 is 0 Å². The van der Waals surface area contributed by atoms with Gasteiger partial charge in [0.2, 0.25) is 5.91 Å². The average Bonchev–Trinajstić information content (AvgIpc) is 1.84. The molecule has 0 aliphatic rings. The molecule has 50 valence electrons. The molecular formula is C5H10AlNO2. The minimum absolute atomic E-state index is 0.00231. The number of hydrogen-bond donors (Lipinski definition) is 0. The Hall–Kier alpha value is -0.328. The first-order chi connectivity index (χ1) is 4.09. The topological polar surface area (TPSA) is 37.4 Å². The number of amides is 2. The highest BCUT2D eigenvalue weighted by atomic mass is 27.1. The van der Waals surface area contributed by atoms with Crippen LogP contribution >= 0.6 is 0 Å². The van der Waals surface area contributed by atoms with E-state index in [1.54, 1.807) is 0 Å². The number of carbonyl (C=O) groups is 2. The first-order valence-electron chi connectivity index (χ1n) is 2.86. The van der Waals surface area contributed by atoms with Gasteiger partial charge in [-0.05, 0) is 0 Å². The van der Waals surface area contributed by atoms with E-state index in [0.717, 1.165) is 0 Å². The van der Waals surface area contributed by atoms with Gasteiger partial charge >= 0.3 is 15.2 Å². The quantitative estimate of drug-likeness (QED) is 0.487. The Kier molecular flexibility index (Phi) is 3.52. The highest BCUT2D eigenvalue weighted by molar-refractivity contribution is 6.73. The Morgan fingerprint density at radius 2 is 1.89 bits per heavy atom. The first kappa shape index (κ1) is 8.67. The molecule has 0 saturated heterocycles. The molecule has 0 atom stereocenters. The second-order valence-electron chi connectivity index (χ2n) is 1.83. The van der Waals surface area contributed by atoms with Crippen molar-refractivity contribution in [3.05, 3.63) is 0 Å². The largest absolute Gasteiger partial charge is 0.376 e. The summed E-state index contributed by atoms with van der Waals surface area (Å²) in [4.78, 5) is 22.4. The molecule has 0 aliphatic heterocycles. The van der Waals surface area contributed by atoms with Crippen LogP contribution in [0.3, 0.4) is 0 Å². The summed E-state index contributed by atoms with van der Waals surface area (Å²) in [6.07, 6.45) is 0. The molecule has 0 N–H and O–H groups in total. The van der Waals surface area contributed by atoms with Crippen LogP contribution in [0.2, 0.25) is 5.79 Å². The minimum Gasteiger partial charge on any atom is -0.303 e. The molecule has 9 heavy (non-hydrogen) atoms. The van der Waals surface area contributed by atoms with E-state index < -0.39 is 15.2 Å². The molecule has 0 aromatic rings. The van der Waals surface area contributed by atoms with Crippen molar-refractivity contribution >= 4 is 25.9 Å². The zero-order valence-electron chi connectivity index (χ0n) is 5.97. The van der Waals surface area contributed by atoms with Gasteiger partial charge in [-0.1, -0.05) is 0 Å². The average molecular weight is 143 g/mol. The Morgan fingerprint density at radius 3 is 2.00 bits per heavy atom. The third-order valence-electron chi connectivity index (χ3n) is 1.15. The van der Waals surface area contributed by atoms with Crippen LogP contribution in [0.15, 0.2) is 0 Å². The SMILES string of the molecule is [CH3][AlH][C](=O)N(C)C(C)=O. The first-order valence-corrected chi connectivity index (χ1v) is 4.98. The second-order valence-corrected chi connectivity index (χ2v) is 3.14. The van der Waals surface area contributed by atoms with E-state index in [-0.39, 0.29) is 10.7 Å². The van der Waals surface area contributed by atoms with Crippen molar-refractivity contribution in [1.29, 1.82) is 0 Å². The van der Waals surface area contributed by atoms with E-state index in [1.165, 1.54) is 18.9 Å². The predicted octanol–water partition coefficient (Wildman–Crippen LogP) is 0.0693. The highest BCUT2D eigenvalue weighted by Crippen LogP contribution is 1.84. The lowest BCUT2D eigenvalue weighted by atomic mass is 10.6. The van der Waals surface area contributed by atoms with Crippen molar-refractivity contribution in [1.82, 2.24) is 4.90 Å². The molecule has 0 unspecified atom stereocenters. The summed E-state index contributed by atoms with van der Waals surface area (Å²) in [6.45, 7) is 1.39. The zero-order chi connectivity index (χ0) is 7.44. The second kappa shape index (κ2) is 3.65. The predicted molar refractivity (Wildman–Crippen MR) is 36.9 cm³/mol. The summed E-state index contributed by atoms with van der Waals surface area (Å²) in [7, 11) is 1.52. The van der Waals surface area contributed by atoms with Crippen LogP contribution in [0.5, 0.6) is 0 Å². The van der Waals surface area contributed by atoms with Gasteiger partial charge in [-0.3, -0.25) is 9.59 Å². The molecule has 0 saturated carbocycles. The van der Waals surface area contributed by atoms with Crippen LogP contribution in [-0.4, -0.2) is 37.8 Å². The number of hydrogen-bond acceptors (Lipinski definition) is 2. The summed E-state index contributed by atoms with van der Waals surface area (Å²) >= 11 is -0.686. The standard InChI is InChI=1S/C4H6NO2.CH3.Al.H/c1-4(7)5(2)3-6;;;/h1-2H3;1H3;;. The lowest BCUT2D eigenvalue weighted by Gasteiger charge is -2.10. The molecule has 4 heteroatoms. The van der Waals surface area contributed by atoms with Gasteiger partial charge in [0.05, 0.1) is 0 Å². The van der Waals surface area contributed by atoms with Crippen LogP contribution in [0.25, 0.3) is 0 Å². The monoisotopic (exact) mass is 143 g/mol. The van der Waals surface area contributed by atoms with Crippen LogP contribution in [0.1, 0.15) is 6.92 Å². The zero-order valence-corrected chi connectivity index (χ0v) is 7.39. The lowest BCUT2D eigenvalue weighted by molar-refractivity contribution is -0.124. The summed E-state index contributed by atoms with van der Waals surface area (Å²) in [5.41, 5.74) is 0. The van der Waals surface area contributed by atoms with E-state index in [4.69, 9.17) is 0 Å². The van der Waals surface area contributed by atoms with Crippen LogP contribution in [-0.2, 0) is 4.79 Å². The molecule has 0 fully saturated rings. The van der Waals surface area contributed by atoms with Gasteiger partial charge < -0.3 is 4.90 Å². The third kappa shape index (κ3) is 2.64. The fraction of sp³-hybridized carbons (Fsp3) is 0.600. The molecule has 0 spiro atoms. The third-order valence-corrected chi connectivity index (χ3v) is 2.23. The van der Waals surface area contributed by atoms with Gasteiger partial charge in [-0.2, -0.15) is 0 Å². The highest BCUT2D eigenvalue weighted by Gasteiger charge is 2.09. The van der Waals surface area contributed by atoms with Gasteiger partial charge in [-0.15, -0.1) is 5.79 Å². The van der Waals surface area contributed by atoms with E-state index in [1.807, 2.05) is 5.79 Å². The summed E-state index contributed by atoms with van der Waals surface area (Å²) in [5.74, 6) is 1.69. The molecular weight excluding hydrogens is 133 g/mol. The number of nitrogens with zero attached hydrogens (tertiary/aromatic N) is 1. The van der Waals surface area contributed by atoms with Gasteiger partial charge in [0.25, 0.3) is 0 Å². The van der Waals surface area contributed by atoms with Gasteiger partial charge in [0, 0.05) is 14.0 Å². The smallest absolute Gasteiger partial charge is 0.303 e. The lowest BCUT2D eigenvalue weighted by Crippen LogP contribution is -2.32. The van der Waals surface area contributed by atoms with Crippen molar-refractivity contribution in [3.8, 4) is 0 Å². The number of imide groups is 1. The van der Waals surface area contributed by atoms with Crippen molar-refractivity contribution in [2.75, 3.05) is 7.05 Å². The summed E-state index contributed by atoms with van der Waals surface area (Å²) in [6, 6.07) is 0. The summed E-state index contributed by atoms with van der Waals surface area (Å²) in [5, 5.41) is 0. The van der Waals surface area contributed by atoms with Crippen molar-refractivity contribution in [3.63, 3.8) is 0 Å². The molecule has 0 rings (SSSR count). The maximum atomic E-state index is 10.7. The Balaban J connectivity index is 3.88. The fourth-order valence-corrected chi connectivity index (χ4v) is 1.11. The minimum atomic E-state index is -0.686. The molecule has 0 aliphatic carbocycles. The molecule has 0 aromatic heterocycles. The molecule has 0 bridgehead atoms. The molecule has 0 heterocycles. The fourth-order valence-electron chi connectivity index (χ4n) is 0.413. The van der Waals surface area contributed by atoms with E-state index in [0.29, 0.717) is 0 Å². The maximum absolute atomic E-state index is 10.7. The summed E-state index contributed by atoms with van der Waals surface area (Å²) < 4.78 is 0.00231. The molecule has 3 nitrogen and oxygen atoms in total. The Morgan fingerprint density at radius 1 is 1.44 bits per heavy atom. The molecule has 0 radical (unpaired) electrons. The van der Waals surface area contributed by atoms with Gasteiger partial charge in [0.15, 0.2) is 0 Å². The number of rotatable bonds is 1. The van der Waals surface area contributed by atoms with Crippen LogP contribution in [0.4, 0.5) is 4.79 Å². The molecule has 2 amide bonds. The molecule has 0 aromatic carbocycles. The Bertz CT molecular complexity index is 135. The van der Waals surface area contributed by atoms with E-state index in [2.05, 4.69) is 0 Å². The number of carbonyl (C=O) groups excluding carboxylic acids is 2. The van der Waals surface area contributed by atoms with Crippen molar-refractivity contribution in [2.24, 2.45) is 0 Å². The normalized spacial score (nSPS) is 8.33. The van der Waals surface area contributed by atoms with Gasteiger partial charge in [-0.25, -0.2) is 0 Å². The Labute approximate surface area is 60.7 Å². The van der Waals surface area contributed by atoms with Crippen LogP contribution < -0.4 is 0 Å².